The van der Waals surface area contributed by atoms with Crippen molar-refractivity contribution < 1.29 is 19.0 Å². The molecular weight excluding hydrogens is 151 g/mol. The number of aliphatic hydroxyl groups excluding tert-OH is 1. The highest BCUT2D eigenvalue weighted by molar-refractivity contribution is 5.72. The Bertz CT molecular complexity index is 150. The summed E-state index contributed by atoms with van der Waals surface area (Å²) in [6.45, 7) is 0. The maximum atomic E-state index is 12.6. The van der Waals surface area contributed by atoms with Gasteiger partial charge >= 0.3 is 5.97 Å². The molecule has 4 heteroatoms. The molecule has 0 aliphatic heterocycles. The van der Waals surface area contributed by atoms with E-state index in [9.17, 15) is 9.18 Å². The number of hydrogen-bond acceptors (Lipinski definition) is 3. The van der Waals surface area contributed by atoms with Gasteiger partial charge in [-0.25, -0.2) is 4.39 Å². The summed E-state index contributed by atoms with van der Waals surface area (Å²) >= 11 is 0. The third-order valence-corrected chi connectivity index (χ3v) is 1.99. The first-order valence-corrected chi connectivity index (χ1v) is 3.55. The molecular formula is C7H11FO3. The van der Waals surface area contributed by atoms with E-state index in [1.54, 1.807) is 0 Å². The topological polar surface area (TPSA) is 46.5 Å². The van der Waals surface area contributed by atoms with Crippen LogP contribution in [0.15, 0.2) is 0 Å². The Morgan fingerprint density at radius 1 is 1.64 bits per heavy atom. The van der Waals surface area contributed by atoms with E-state index in [4.69, 9.17) is 5.11 Å². The van der Waals surface area contributed by atoms with Gasteiger partial charge in [-0.2, -0.15) is 0 Å². The van der Waals surface area contributed by atoms with Crippen molar-refractivity contribution in [3.05, 3.63) is 0 Å². The van der Waals surface area contributed by atoms with Gasteiger partial charge in [0.2, 0.25) is 0 Å². The second-order valence-electron chi connectivity index (χ2n) is 2.77. The number of halogens is 1. The maximum Gasteiger partial charge on any atom is 0.308 e. The van der Waals surface area contributed by atoms with Gasteiger partial charge in [0.05, 0.1) is 19.1 Å². The number of alkyl halides is 1. The fourth-order valence-corrected chi connectivity index (χ4v) is 1.32. The summed E-state index contributed by atoms with van der Waals surface area (Å²) in [5.74, 6) is -0.880. The van der Waals surface area contributed by atoms with E-state index in [2.05, 4.69) is 4.74 Å². The third kappa shape index (κ3) is 1.68. The van der Waals surface area contributed by atoms with Crippen molar-refractivity contribution >= 4 is 5.97 Å². The summed E-state index contributed by atoms with van der Waals surface area (Å²) in [6, 6.07) is 0. The van der Waals surface area contributed by atoms with Crippen LogP contribution in [0.5, 0.6) is 0 Å². The van der Waals surface area contributed by atoms with Gasteiger partial charge in [0, 0.05) is 0 Å². The van der Waals surface area contributed by atoms with Crippen LogP contribution in [0.4, 0.5) is 4.39 Å². The minimum absolute atomic E-state index is 0.0911. The quantitative estimate of drug-likeness (QED) is 0.563. The molecule has 11 heavy (non-hydrogen) atoms. The number of carbonyl (C=O) groups is 1. The number of rotatable bonds is 1. The monoisotopic (exact) mass is 162 g/mol. The first-order chi connectivity index (χ1) is 5.15. The Morgan fingerprint density at radius 2 is 2.27 bits per heavy atom. The first-order valence-electron chi connectivity index (χ1n) is 3.55. The summed E-state index contributed by atoms with van der Waals surface area (Å²) in [4.78, 5) is 10.8. The molecule has 1 rings (SSSR count). The van der Waals surface area contributed by atoms with Gasteiger partial charge < -0.3 is 9.84 Å². The van der Waals surface area contributed by atoms with Gasteiger partial charge in [0.1, 0.15) is 6.17 Å². The number of methoxy groups -OCH3 is 1. The van der Waals surface area contributed by atoms with Gasteiger partial charge in [-0.3, -0.25) is 4.79 Å². The van der Waals surface area contributed by atoms with Crippen molar-refractivity contribution in [3.63, 3.8) is 0 Å². The number of esters is 1. The first kappa shape index (κ1) is 8.46. The van der Waals surface area contributed by atoms with E-state index < -0.39 is 24.2 Å². The summed E-state index contributed by atoms with van der Waals surface area (Å²) < 4.78 is 17.0. The summed E-state index contributed by atoms with van der Waals surface area (Å²) in [6.07, 6.45) is -1.97. The van der Waals surface area contributed by atoms with Crippen molar-refractivity contribution in [2.45, 2.75) is 25.1 Å². The van der Waals surface area contributed by atoms with Gasteiger partial charge in [-0.1, -0.05) is 0 Å². The van der Waals surface area contributed by atoms with Crippen molar-refractivity contribution in [2.24, 2.45) is 5.92 Å². The van der Waals surface area contributed by atoms with Crippen LogP contribution in [-0.4, -0.2) is 30.5 Å². The van der Waals surface area contributed by atoms with Gasteiger partial charge in [0.25, 0.3) is 0 Å². The molecule has 0 aromatic carbocycles. The minimum Gasteiger partial charge on any atom is -0.469 e. The van der Waals surface area contributed by atoms with E-state index in [0.717, 1.165) is 0 Å². The molecule has 0 spiro atoms. The van der Waals surface area contributed by atoms with Crippen molar-refractivity contribution in [1.82, 2.24) is 0 Å². The Kier molecular flexibility index (Phi) is 2.44. The standard InChI is InChI=1S/C7H11FO3/c1-11-7(10)4-2-5(8)6(9)3-4/h4-6,9H,2-3H2,1H3/t4-,5+,6+/m0/s1. The Balaban J connectivity index is 2.46. The zero-order chi connectivity index (χ0) is 8.43. The van der Waals surface area contributed by atoms with Crippen molar-refractivity contribution in [3.8, 4) is 0 Å². The molecule has 1 N–H and O–H groups in total. The number of hydrogen-bond donors (Lipinski definition) is 1. The van der Waals surface area contributed by atoms with Crippen molar-refractivity contribution in [1.29, 1.82) is 0 Å². The molecule has 1 saturated carbocycles. The average Bonchev–Trinajstić information content (AvgIpc) is 2.31. The van der Waals surface area contributed by atoms with Crippen LogP contribution in [0.2, 0.25) is 0 Å². The Hall–Kier alpha value is -0.640. The smallest absolute Gasteiger partial charge is 0.308 e. The highest BCUT2D eigenvalue weighted by Crippen LogP contribution is 2.28. The second-order valence-corrected chi connectivity index (χ2v) is 2.77. The molecule has 3 nitrogen and oxygen atoms in total. The lowest BCUT2D eigenvalue weighted by Crippen LogP contribution is -2.13. The molecule has 0 bridgehead atoms. The average molecular weight is 162 g/mol. The fourth-order valence-electron chi connectivity index (χ4n) is 1.32. The van der Waals surface area contributed by atoms with Crippen LogP contribution in [0, 0.1) is 5.92 Å². The van der Waals surface area contributed by atoms with Crippen LogP contribution in [0.25, 0.3) is 0 Å². The van der Waals surface area contributed by atoms with Crippen molar-refractivity contribution in [2.75, 3.05) is 7.11 Å². The number of ether oxygens (including phenoxy) is 1. The van der Waals surface area contributed by atoms with E-state index >= 15 is 0 Å². The van der Waals surface area contributed by atoms with Crippen LogP contribution < -0.4 is 0 Å². The SMILES string of the molecule is COC(=O)[C@@H]1C[C@@H](O)[C@H](F)C1. The highest BCUT2D eigenvalue weighted by Gasteiger charge is 2.37. The Labute approximate surface area is 64.2 Å². The number of carbonyl (C=O) groups excluding carboxylic acids is 1. The lowest BCUT2D eigenvalue weighted by molar-refractivity contribution is -0.145. The fraction of sp³-hybridized carbons (Fsp3) is 0.857. The second kappa shape index (κ2) is 3.17. The minimum atomic E-state index is -1.26. The maximum absolute atomic E-state index is 12.6. The van der Waals surface area contributed by atoms with Crippen LogP contribution in [0.3, 0.4) is 0 Å². The van der Waals surface area contributed by atoms with Crippen LogP contribution >= 0.6 is 0 Å². The van der Waals surface area contributed by atoms with E-state index in [1.807, 2.05) is 0 Å². The summed E-state index contributed by atoms with van der Waals surface area (Å²) in [5.41, 5.74) is 0. The van der Waals surface area contributed by atoms with E-state index in [-0.39, 0.29) is 12.8 Å². The molecule has 0 aromatic rings. The molecule has 1 aliphatic carbocycles. The zero-order valence-corrected chi connectivity index (χ0v) is 6.29. The lowest BCUT2D eigenvalue weighted by Gasteiger charge is -2.03. The van der Waals surface area contributed by atoms with E-state index in [1.165, 1.54) is 7.11 Å². The Morgan fingerprint density at radius 3 is 2.64 bits per heavy atom. The normalized spacial score (nSPS) is 37.2. The molecule has 0 radical (unpaired) electrons. The van der Waals surface area contributed by atoms with Crippen LogP contribution in [0.1, 0.15) is 12.8 Å². The molecule has 64 valence electrons. The molecule has 3 atom stereocenters. The molecule has 1 fully saturated rings. The van der Waals surface area contributed by atoms with E-state index in [0.29, 0.717) is 0 Å². The van der Waals surface area contributed by atoms with Gasteiger partial charge in [-0.05, 0) is 12.8 Å². The van der Waals surface area contributed by atoms with Gasteiger partial charge in [0.15, 0.2) is 0 Å². The molecule has 1 aliphatic rings. The third-order valence-electron chi connectivity index (χ3n) is 1.99. The largest absolute Gasteiger partial charge is 0.469 e. The predicted molar refractivity (Wildman–Crippen MR) is 35.6 cm³/mol. The molecule has 0 aromatic heterocycles. The zero-order valence-electron chi connectivity index (χ0n) is 6.29. The highest BCUT2D eigenvalue weighted by atomic mass is 19.1. The number of aliphatic hydroxyl groups is 1. The molecule has 0 amide bonds. The molecule has 0 unspecified atom stereocenters. The predicted octanol–water partition coefficient (Wildman–Crippen LogP) is 0.268. The molecule has 0 heterocycles. The lowest BCUT2D eigenvalue weighted by atomic mass is 10.1. The van der Waals surface area contributed by atoms with Gasteiger partial charge in [-0.15, -0.1) is 0 Å². The summed E-state index contributed by atoms with van der Waals surface area (Å²) in [7, 11) is 1.26. The molecule has 0 saturated heterocycles. The summed E-state index contributed by atoms with van der Waals surface area (Å²) in [5, 5.41) is 8.93. The van der Waals surface area contributed by atoms with Crippen LogP contribution in [-0.2, 0) is 9.53 Å².